The predicted molar refractivity (Wildman–Crippen MR) is 109 cm³/mol. The van der Waals surface area contributed by atoms with Gasteiger partial charge < -0.3 is 20.7 Å². The Balaban J connectivity index is 1.94. The van der Waals surface area contributed by atoms with Crippen LogP contribution in [0.15, 0.2) is 53.7 Å². The molecule has 2 aromatic rings. The van der Waals surface area contributed by atoms with Crippen molar-refractivity contribution < 1.29 is 27.5 Å². The van der Waals surface area contributed by atoms with Crippen molar-refractivity contribution in [2.24, 2.45) is 0 Å². The van der Waals surface area contributed by atoms with Crippen molar-refractivity contribution in [2.45, 2.75) is 26.1 Å². The summed E-state index contributed by atoms with van der Waals surface area (Å²) >= 11 is 0. The van der Waals surface area contributed by atoms with Crippen LogP contribution in [0.2, 0.25) is 0 Å². The van der Waals surface area contributed by atoms with Gasteiger partial charge in [0.15, 0.2) is 0 Å². The fourth-order valence-electron chi connectivity index (χ4n) is 3.38. The molecule has 3 rings (SSSR count). The molecule has 9 heteroatoms. The average Bonchev–Trinajstić information content (AvgIpc) is 2.72. The highest BCUT2D eigenvalue weighted by atomic mass is 19.4. The molecule has 0 bridgehead atoms. The second-order valence-corrected chi connectivity index (χ2v) is 7.20. The van der Waals surface area contributed by atoms with E-state index in [0.717, 1.165) is 28.8 Å². The molecule has 0 fully saturated rings. The number of urea groups is 1. The average molecular weight is 433 g/mol. The number of benzene rings is 2. The number of methoxy groups -OCH3 is 1. The van der Waals surface area contributed by atoms with Crippen molar-refractivity contribution >= 4 is 17.7 Å². The van der Waals surface area contributed by atoms with Crippen LogP contribution in [0.5, 0.6) is 0 Å². The van der Waals surface area contributed by atoms with Gasteiger partial charge in [0, 0.05) is 5.69 Å². The quantitative estimate of drug-likeness (QED) is 0.617. The number of nitrogens with one attached hydrogen (secondary N) is 3. The molecule has 2 amide bonds. The van der Waals surface area contributed by atoms with Gasteiger partial charge in [-0.1, -0.05) is 23.8 Å². The number of anilines is 1. The Morgan fingerprint density at radius 1 is 1.13 bits per heavy atom. The summed E-state index contributed by atoms with van der Waals surface area (Å²) in [5.74, 6) is -0.623. The third-order valence-electron chi connectivity index (χ3n) is 4.99. The van der Waals surface area contributed by atoms with E-state index in [4.69, 9.17) is 4.74 Å². The summed E-state index contributed by atoms with van der Waals surface area (Å²) in [4.78, 5) is 24.9. The van der Waals surface area contributed by atoms with E-state index in [-0.39, 0.29) is 17.8 Å². The van der Waals surface area contributed by atoms with E-state index in [1.54, 1.807) is 0 Å². The Kier molecular flexibility index (Phi) is 6.24. The number of rotatable bonds is 5. The van der Waals surface area contributed by atoms with Crippen LogP contribution in [0.3, 0.4) is 0 Å². The smallest absolute Gasteiger partial charge is 0.416 e. The van der Waals surface area contributed by atoms with E-state index in [1.165, 1.54) is 19.2 Å². The summed E-state index contributed by atoms with van der Waals surface area (Å²) in [5, 5.41) is 8.31. The van der Waals surface area contributed by atoms with Gasteiger partial charge in [-0.05, 0) is 49.2 Å². The standard InChI is InChI=1S/C22H22F3N3O3/c1-12-4-5-13(2)16(10-12)19-18(20(29)31-3)17(27-21(30)28-19)11-26-15-8-6-14(7-9-15)22(23,24)25/h4-10,19,26H,11H2,1-3H3,(H2,27,28,30). The van der Waals surface area contributed by atoms with Crippen molar-refractivity contribution in [1.82, 2.24) is 10.6 Å². The minimum atomic E-state index is -4.43. The van der Waals surface area contributed by atoms with E-state index in [9.17, 15) is 22.8 Å². The first-order valence-electron chi connectivity index (χ1n) is 9.47. The third kappa shape index (κ3) is 4.99. The maximum absolute atomic E-state index is 12.7. The molecule has 1 aliphatic rings. The van der Waals surface area contributed by atoms with Crippen LogP contribution < -0.4 is 16.0 Å². The molecule has 0 aromatic heterocycles. The summed E-state index contributed by atoms with van der Waals surface area (Å²) in [6.07, 6.45) is -4.43. The largest absolute Gasteiger partial charge is 0.466 e. The fraction of sp³-hybridized carbons (Fsp3) is 0.273. The molecular weight excluding hydrogens is 411 g/mol. The maximum Gasteiger partial charge on any atom is 0.416 e. The molecule has 2 aromatic carbocycles. The number of alkyl halides is 3. The summed E-state index contributed by atoms with van der Waals surface area (Å²) in [6, 6.07) is 8.96. The first-order chi connectivity index (χ1) is 14.6. The minimum Gasteiger partial charge on any atom is -0.466 e. The molecule has 31 heavy (non-hydrogen) atoms. The first kappa shape index (κ1) is 22.2. The molecule has 0 radical (unpaired) electrons. The summed E-state index contributed by atoms with van der Waals surface area (Å²) in [5.41, 5.74) is 2.73. The number of hydrogen-bond acceptors (Lipinski definition) is 4. The lowest BCUT2D eigenvalue weighted by atomic mass is 9.91. The van der Waals surface area contributed by atoms with Crippen LogP contribution in [0, 0.1) is 13.8 Å². The molecule has 1 atom stereocenters. The van der Waals surface area contributed by atoms with Gasteiger partial charge in [0.25, 0.3) is 0 Å². The van der Waals surface area contributed by atoms with E-state index in [0.29, 0.717) is 5.69 Å². The molecule has 3 N–H and O–H groups in total. The van der Waals surface area contributed by atoms with Crippen molar-refractivity contribution in [1.29, 1.82) is 0 Å². The Labute approximate surface area is 177 Å². The van der Waals surface area contributed by atoms with E-state index in [2.05, 4.69) is 16.0 Å². The number of ether oxygens (including phenoxy) is 1. The lowest BCUT2D eigenvalue weighted by Crippen LogP contribution is -2.47. The molecule has 0 spiro atoms. The number of esters is 1. The molecule has 1 heterocycles. The van der Waals surface area contributed by atoms with Crippen LogP contribution in [0.4, 0.5) is 23.7 Å². The molecule has 0 saturated heterocycles. The Hall–Kier alpha value is -3.49. The van der Waals surface area contributed by atoms with E-state index < -0.39 is 29.8 Å². The van der Waals surface area contributed by atoms with Crippen molar-refractivity contribution in [3.8, 4) is 0 Å². The van der Waals surface area contributed by atoms with Gasteiger partial charge in [0.2, 0.25) is 0 Å². The second-order valence-electron chi connectivity index (χ2n) is 7.20. The molecule has 1 unspecified atom stereocenters. The predicted octanol–water partition coefficient (Wildman–Crippen LogP) is 4.22. The van der Waals surface area contributed by atoms with Crippen LogP contribution in [0.25, 0.3) is 0 Å². The highest BCUT2D eigenvalue weighted by Gasteiger charge is 2.34. The van der Waals surface area contributed by atoms with Crippen molar-refractivity contribution in [2.75, 3.05) is 19.0 Å². The zero-order valence-corrected chi connectivity index (χ0v) is 17.2. The van der Waals surface area contributed by atoms with Gasteiger partial charge >= 0.3 is 18.2 Å². The van der Waals surface area contributed by atoms with Crippen molar-refractivity contribution in [3.63, 3.8) is 0 Å². The summed E-state index contributed by atoms with van der Waals surface area (Å²) in [6.45, 7) is 3.78. The normalized spacial score (nSPS) is 16.5. The third-order valence-corrected chi connectivity index (χ3v) is 4.99. The molecule has 0 aliphatic carbocycles. The molecule has 1 aliphatic heterocycles. The molecular formula is C22H22F3N3O3. The summed E-state index contributed by atoms with van der Waals surface area (Å²) in [7, 11) is 1.24. The van der Waals surface area contributed by atoms with Crippen LogP contribution >= 0.6 is 0 Å². The van der Waals surface area contributed by atoms with Gasteiger partial charge in [-0.15, -0.1) is 0 Å². The highest BCUT2D eigenvalue weighted by molar-refractivity contribution is 5.95. The number of halogens is 3. The lowest BCUT2D eigenvalue weighted by molar-refractivity contribution is -0.138. The topological polar surface area (TPSA) is 79.5 Å². The van der Waals surface area contributed by atoms with Crippen LogP contribution in [-0.2, 0) is 15.7 Å². The molecule has 6 nitrogen and oxygen atoms in total. The van der Waals surface area contributed by atoms with Gasteiger partial charge in [0.05, 0.1) is 36.5 Å². The second kappa shape index (κ2) is 8.71. The molecule has 164 valence electrons. The SMILES string of the molecule is COC(=O)C1=C(CNc2ccc(C(F)(F)F)cc2)NC(=O)NC1c1cc(C)ccc1C. The number of carbonyl (C=O) groups excluding carboxylic acids is 2. The number of amides is 2. The monoisotopic (exact) mass is 433 g/mol. The lowest BCUT2D eigenvalue weighted by Gasteiger charge is -2.30. The number of hydrogen-bond donors (Lipinski definition) is 3. The number of aryl methyl sites for hydroxylation is 2. The van der Waals surface area contributed by atoms with Gasteiger partial charge in [0.1, 0.15) is 0 Å². The van der Waals surface area contributed by atoms with Crippen LogP contribution in [-0.4, -0.2) is 25.7 Å². The maximum atomic E-state index is 12.7. The number of carbonyl (C=O) groups is 2. The Morgan fingerprint density at radius 2 is 1.81 bits per heavy atom. The van der Waals surface area contributed by atoms with E-state index >= 15 is 0 Å². The Bertz CT molecular complexity index is 1030. The van der Waals surface area contributed by atoms with E-state index in [1.807, 2.05) is 32.0 Å². The van der Waals surface area contributed by atoms with Crippen LogP contribution in [0.1, 0.15) is 28.3 Å². The minimum absolute atomic E-state index is 0.00454. The van der Waals surface area contributed by atoms with Gasteiger partial charge in [-0.25, -0.2) is 9.59 Å². The fourth-order valence-corrected chi connectivity index (χ4v) is 3.38. The van der Waals surface area contributed by atoms with Gasteiger partial charge in [-0.2, -0.15) is 13.2 Å². The first-order valence-corrected chi connectivity index (χ1v) is 9.47. The zero-order chi connectivity index (χ0) is 22.8. The highest BCUT2D eigenvalue weighted by Crippen LogP contribution is 2.32. The zero-order valence-electron chi connectivity index (χ0n) is 17.2. The van der Waals surface area contributed by atoms with Crippen molar-refractivity contribution in [3.05, 3.63) is 76.0 Å². The van der Waals surface area contributed by atoms with Gasteiger partial charge in [-0.3, -0.25) is 0 Å². The Morgan fingerprint density at radius 3 is 2.42 bits per heavy atom. The summed E-state index contributed by atoms with van der Waals surface area (Å²) < 4.78 is 43.2. The molecule has 0 saturated carbocycles.